The summed E-state index contributed by atoms with van der Waals surface area (Å²) in [5.74, 6) is 2.09. The lowest BCUT2D eigenvalue weighted by atomic mass is 9.86. The molecule has 0 spiro atoms. The highest BCUT2D eigenvalue weighted by Crippen LogP contribution is 2.39. The van der Waals surface area contributed by atoms with Gasteiger partial charge in [-0.25, -0.2) is 4.98 Å². The summed E-state index contributed by atoms with van der Waals surface area (Å²) in [4.78, 5) is 12.7. The molecule has 1 saturated carbocycles. The Balaban J connectivity index is 1.49. The number of thiazole rings is 1. The van der Waals surface area contributed by atoms with Crippen molar-refractivity contribution in [3.63, 3.8) is 0 Å². The molecule has 2 aliphatic rings. The molecule has 4 rings (SSSR count). The minimum atomic E-state index is 0.135. The molecule has 0 bridgehead atoms. The summed E-state index contributed by atoms with van der Waals surface area (Å²) in [6.45, 7) is 3.61. The fourth-order valence-corrected chi connectivity index (χ4v) is 4.46. The summed E-state index contributed by atoms with van der Waals surface area (Å²) in [6, 6.07) is 0.135. The molecule has 1 aliphatic carbocycles. The molecule has 23 heavy (non-hydrogen) atoms. The first-order valence-electron chi connectivity index (χ1n) is 8.24. The molecule has 1 saturated heterocycles. The van der Waals surface area contributed by atoms with Crippen molar-refractivity contribution in [3.05, 3.63) is 27.8 Å². The van der Waals surface area contributed by atoms with Crippen molar-refractivity contribution >= 4 is 11.3 Å². The van der Waals surface area contributed by atoms with E-state index in [1.54, 1.807) is 7.11 Å². The van der Waals surface area contributed by atoms with Crippen LogP contribution >= 0.6 is 11.3 Å². The van der Waals surface area contributed by atoms with Gasteiger partial charge in [-0.3, -0.25) is 4.90 Å². The van der Waals surface area contributed by atoms with E-state index < -0.39 is 0 Å². The summed E-state index contributed by atoms with van der Waals surface area (Å²) in [7, 11) is 1.77. The lowest BCUT2D eigenvalue weighted by molar-refractivity contribution is 0.107. The number of nitrogens with zero attached hydrogens (tertiary/aromatic N) is 4. The molecule has 7 heteroatoms. The van der Waals surface area contributed by atoms with Crippen LogP contribution in [0.1, 0.15) is 59.2 Å². The quantitative estimate of drug-likeness (QED) is 0.837. The number of methoxy groups -OCH3 is 1. The van der Waals surface area contributed by atoms with E-state index in [0.29, 0.717) is 17.6 Å². The average Bonchev–Trinajstić information content (AvgIpc) is 3.18. The third-order valence-electron chi connectivity index (χ3n) is 4.91. The number of rotatable bonds is 5. The molecule has 2 atom stereocenters. The molecule has 6 nitrogen and oxygen atoms in total. The van der Waals surface area contributed by atoms with Gasteiger partial charge < -0.3 is 9.26 Å². The molecular weight excluding hydrogens is 312 g/mol. The van der Waals surface area contributed by atoms with Gasteiger partial charge in [0.25, 0.3) is 0 Å². The molecule has 1 aliphatic heterocycles. The zero-order valence-electron chi connectivity index (χ0n) is 13.6. The number of hydrogen-bond acceptors (Lipinski definition) is 7. The van der Waals surface area contributed by atoms with Crippen LogP contribution in [0.15, 0.2) is 10.7 Å². The normalized spacial score (nSPS) is 25.8. The minimum absolute atomic E-state index is 0.135. The first-order chi connectivity index (χ1) is 11.2. The van der Waals surface area contributed by atoms with E-state index in [2.05, 4.69) is 20.0 Å². The van der Waals surface area contributed by atoms with Crippen LogP contribution in [0.2, 0.25) is 0 Å². The van der Waals surface area contributed by atoms with E-state index >= 15 is 0 Å². The van der Waals surface area contributed by atoms with Crippen LogP contribution in [0.4, 0.5) is 0 Å². The van der Waals surface area contributed by atoms with Gasteiger partial charge in [0, 0.05) is 37.2 Å². The molecule has 0 aromatic carbocycles. The van der Waals surface area contributed by atoms with E-state index in [-0.39, 0.29) is 12.1 Å². The maximum atomic E-state index is 5.56. The lowest BCUT2D eigenvalue weighted by Crippen LogP contribution is -2.24. The van der Waals surface area contributed by atoms with E-state index in [1.807, 2.05) is 24.5 Å². The maximum Gasteiger partial charge on any atom is 0.244 e. The Hall–Kier alpha value is -1.31. The second kappa shape index (κ2) is 6.30. The summed E-state index contributed by atoms with van der Waals surface area (Å²) in [5.41, 5.74) is 0. The van der Waals surface area contributed by atoms with Gasteiger partial charge in [-0.1, -0.05) is 11.6 Å². The third kappa shape index (κ3) is 3.05. The maximum absolute atomic E-state index is 5.56. The van der Waals surface area contributed by atoms with Crippen molar-refractivity contribution in [2.24, 2.45) is 0 Å². The Bertz CT molecular complexity index is 667. The molecule has 124 valence electrons. The van der Waals surface area contributed by atoms with Crippen molar-refractivity contribution in [2.45, 2.75) is 57.2 Å². The van der Waals surface area contributed by atoms with Crippen molar-refractivity contribution in [1.82, 2.24) is 20.0 Å². The number of hydrogen-bond donors (Lipinski definition) is 0. The van der Waals surface area contributed by atoms with Gasteiger partial charge in [0.2, 0.25) is 5.89 Å². The number of aryl methyl sites for hydroxylation is 1. The monoisotopic (exact) mass is 334 g/mol. The molecular formula is C16H22N4O2S. The van der Waals surface area contributed by atoms with Crippen LogP contribution in [0, 0.1) is 6.92 Å². The Morgan fingerprint density at radius 3 is 2.96 bits per heavy atom. The fourth-order valence-electron chi connectivity index (χ4n) is 3.35. The minimum Gasteiger partial charge on any atom is -0.380 e. The molecule has 0 N–H and O–H groups in total. The summed E-state index contributed by atoms with van der Waals surface area (Å²) >= 11 is 1.85. The SMILES string of the molecule is CO[C@H]1C[C@H](c2nc(C)no2)N(Cc2cnc(C3CCC3)s2)C1. The highest BCUT2D eigenvalue weighted by Gasteiger charge is 2.37. The predicted molar refractivity (Wildman–Crippen MR) is 86.3 cm³/mol. The number of ether oxygens (including phenoxy) is 1. The number of aromatic nitrogens is 3. The molecule has 0 amide bonds. The Kier molecular flexibility index (Phi) is 4.17. The Morgan fingerprint density at radius 2 is 2.30 bits per heavy atom. The standard InChI is InChI=1S/C16H22N4O2S/c1-10-18-15(22-19-10)14-6-12(21-2)8-20(14)9-13-7-17-16(23-13)11-4-3-5-11/h7,11-12,14H,3-6,8-9H2,1-2H3/t12-,14+/m0/s1. The smallest absolute Gasteiger partial charge is 0.244 e. The van der Waals surface area contributed by atoms with Crippen molar-refractivity contribution in [1.29, 1.82) is 0 Å². The largest absolute Gasteiger partial charge is 0.380 e. The van der Waals surface area contributed by atoms with Gasteiger partial charge in [0.15, 0.2) is 5.82 Å². The van der Waals surface area contributed by atoms with Gasteiger partial charge >= 0.3 is 0 Å². The average molecular weight is 334 g/mol. The van der Waals surface area contributed by atoms with Crippen LogP contribution in [0.5, 0.6) is 0 Å². The molecule has 3 heterocycles. The second-order valence-corrected chi connectivity index (χ2v) is 7.66. The molecule has 2 aromatic rings. The predicted octanol–water partition coefficient (Wildman–Crippen LogP) is 3.06. The lowest BCUT2D eigenvalue weighted by Gasteiger charge is -2.22. The van der Waals surface area contributed by atoms with Gasteiger partial charge in [-0.2, -0.15) is 4.98 Å². The van der Waals surface area contributed by atoms with Gasteiger partial charge in [0.1, 0.15) is 0 Å². The first kappa shape index (κ1) is 15.2. The Labute approximate surface area is 139 Å². The molecule has 2 aromatic heterocycles. The van der Waals surface area contributed by atoms with E-state index in [4.69, 9.17) is 9.26 Å². The highest BCUT2D eigenvalue weighted by atomic mass is 32.1. The molecule has 2 fully saturated rings. The van der Waals surface area contributed by atoms with Crippen molar-refractivity contribution in [2.75, 3.05) is 13.7 Å². The zero-order chi connectivity index (χ0) is 15.8. The van der Waals surface area contributed by atoms with Crippen LogP contribution in [0.3, 0.4) is 0 Å². The Morgan fingerprint density at radius 1 is 1.43 bits per heavy atom. The van der Waals surface area contributed by atoms with Crippen LogP contribution in [0.25, 0.3) is 0 Å². The summed E-state index contributed by atoms with van der Waals surface area (Å²) in [6.07, 6.45) is 7.09. The van der Waals surface area contributed by atoms with E-state index in [9.17, 15) is 0 Å². The van der Waals surface area contributed by atoms with Crippen molar-refractivity contribution in [3.8, 4) is 0 Å². The summed E-state index contributed by atoms with van der Waals surface area (Å²) < 4.78 is 11.0. The van der Waals surface area contributed by atoms with Crippen LogP contribution in [-0.4, -0.2) is 39.8 Å². The topological polar surface area (TPSA) is 64.3 Å². The van der Waals surface area contributed by atoms with E-state index in [0.717, 1.165) is 19.5 Å². The van der Waals surface area contributed by atoms with Gasteiger partial charge in [-0.05, 0) is 26.2 Å². The van der Waals surface area contributed by atoms with Gasteiger partial charge in [-0.15, -0.1) is 11.3 Å². The van der Waals surface area contributed by atoms with Crippen LogP contribution < -0.4 is 0 Å². The van der Waals surface area contributed by atoms with Gasteiger partial charge in [0.05, 0.1) is 17.2 Å². The summed E-state index contributed by atoms with van der Waals surface area (Å²) in [5, 5.41) is 5.24. The second-order valence-electron chi connectivity index (χ2n) is 6.51. The highest BCUT2D eigenvalue weighted by molar-refractivity contribution is 7.11. The number of likely N-dealkylation sites (tertiary alicyclic amines) is 1. The van der Waals surface area contributed by atoms with E-state index in [1.165, 1.54) is 29.1 Å². The fraction of sp³-hybridized carbons (Fsp3) is 0.688. The van der Waals surface area contributed by atoms with Crippen molar-refractivity contribution < 1.29 is 9.26 Å². The zero-order valence-corrected chi connectivity index (χ0v) is 14.4. The molecule has 0 radical (unpaired) electrons. The third-order valence-corrected chi connectivity index (χ3v) is 6.06. The first-order valence-corrected chi connectivity index (χ1v) is 9.06. The molecule has 0 unspecified atom stereocenters. The van der Waals surface area contributed by atoms with Crippen LogP contribution in [-0.2, 0) is 11.3 Å².